The van der Waals surface area contributed by atoms with Crippen molar-refractivity contribution in [3.05, 3.63) is 47.2 Å². The van der Waals surface area contributed by atoms with E-state index >= 15 is 0 Å². The van der Waals surface area contributed by atoms with Crippen LogP contribution in [0.25, 0.3) is 11.1 Å². The summed E-state index contributed by atoms with van der Waals surface area (Å²) < 4.78 is 5.94. The van der Waals surface area contributed by atoms with Crippen LogP contribution < -0.4 is 15.7 Å². The van der Waals surface area contributed by atoms with Crippen LogP contribution in [0.5, 0.6) is 5.88 Å². The van der Waals surface area contributed by atoms with Crippen LogP contribution in [0.15, 0.2) is 40.7 Å². The van der Waals surface area contributed by atoms with Crippen LogP contribution in [0.1, 0.15) is 64.4 Å². The minimum atomic E-state index is -0.294. The SMILES string of the molecule is CC.CCOc1nc2c(c(-c3ccccc3)c1C1N=NNN1)CCCCC2.[HH]. The molecule has 1 aromatic carbocycles. The molecule has 6 nitrogen and oxygen atoms in total. The van der Waals surface area contributed by atoms with Crippen LogP contribution in [0.3, 0.4) is 0 Å². The van der Waals surface area contributed by atoms with E-state index in [0.29, 0.717) is 12.5 Å². The molecule has 0 bridgehead atoms. The minimum Gasteiger partial charge on any atom is -0.478 e. The molecule has 6 heteroatoms. The van der Waals surface area contributed by atoms with Crippen LogP contribution in [-0.4, -0.2) is 11.6 Å². The average molecular weight is 370 g/mol. The molecule has 0 spiro atoms. The number of aryl methyl sites for hydroxylation is 1. The summed E-state index contributed by atoms with van der Waals surface area (Å²) in [5, 5.41) is 8.18. The number of hydrogen-bond donors (Lipinski definition) is 2. The molecular weight excluding hydrogens is 338 g/mol. The van der Waals surface area contributed by atoms with Crippen molar-refractivity contribution in [3.8, 4) is 17.0 Å². The Morgan fingerprint density at radius 1 is 1.11 bits per heavy atom. The lowest BCUT2D eigenvalue weighted by Crippen LogP contribution is -2.26. The fourth-order valence-corrected chi connectivity index (χ4v) is 3.68. The van der Waals surface area contributed by atoms with E-state index in [1.165, 1.54) is 41.6 Å². The second-order valence-electron chi connectivity index (χ2n) is 6.36. The maximum absolute atomic E-state index is 5.94. The highest BCUT2D eigenvalue weighted by Gasteiger charge is 2.29. The quantitative estimate of drug-likeness (QED) is 0.730. The fraction of sp³-hybridized carbons (Fsp3) is 0.476. The second kappa shape index (κ2) is 9.46. The summed E-state index contributed by atoms with van der Waals surface area (Å²) in [6.45, 7) is 6.56. The van der Waals surface area contributed by atoms with Gasteiger partial charge in [0.2, 0.25) is 5.88 Å². The Morgan fingerprint density at radius 3 is 2.59 bits per heavy atom. The number of fused-ring (bicyclic) bond motifs is 1. The Kier molecular flexibility index (Phi) is 6.76. The van der Waals surface area contributed by atoms with Gasteiger partial charge >= 0.3 is 0 Å². The van der Waals surface area contributed by atoms with Crippen molar-refractivity contribution >= 4 is 0 Å². The molecular formula is C21H31N5O. The highest BCUT2D eigenvalue weighted by Crippen LogP contribution is 2.41. The lowest BCUT2D eigenvalue weighted by Gasteiger charge is -2.22. The molecule has 1 aliphatic heterocycles. The van der Waals surface area contributed by atoms with Gasteiger partial charge in [0.15, 0.2) is 6.17 Å². The van der Waals surface area contributed by atoms with Gasteiger partial charge in [0.25, 0.3) is 0 Å². The highest BCUT2D eigenvalue weighted by atomic mass is 16.5. The van der Waals surface area contributed by atoms with Gasteiger partial charge < -0.3 is 4.74 Å². The topological polar surface area (TPSA) is 70.9 Å². The van der Waals surface area contributed by atoms with Gasteiger partial charge in [0, 0.05) is 7.12 Å². The Bertz CT molecular complexity index is 782. The number of nitrogens with zero attached hydrogens (tertiary/aromatic N) is 3. The highest BCUT2D eigenvalue weighted by molar-refractivity contribution is 5.74. The van der Waals surface area contributed by atoms with E-state index in [1.54, 1.807) is 0 Å². The number of ether oxygens (including phenoxy) is 1. The standard InChI is InChI=1S/C19H23N5O.C2H6.H2/c1-2-25-19-17(18-21-23-24-22-18)16(13-9-5-3-6-10-13)14-11-7-4-8-12-15(14)20-19;1-2;/h3,5-6,9-10,18H,2,4,7-8,11-12H2,1H3,(H,21,24)(H,22,23);1-2H3;1H. The van der Waals surface area contributed by atoms with Gasteiger partial charge in [-0.2, -0.15) is 5.43 Å². The summed E-state index contributed by atoms with van der Waals surface area (Å²) >= 11 is 0. The average Bonchev–Trinajstić information content (AvgIpc) is 3.15. The van der Waals surface area contributed by atoms with Crippen LogP contribution in [0.4, 0.5) is 0 Å². The molecule has 2 aromatic rings. The molecule has 0 radical (unpaired) electrons. The summed E-state index contributed by atoms with van der Waals surface area (Å²) in [5.74, 6) is 0.669. The molecule has 2 N–H and O–H groups in total. The van der Waals surface area contributed by atoms with Crippen LogP contribution in [0.2, 0.25) is 0 Å². The van der Waals surface area contributed by atoms with Gasteiger partial charge in [-0.25, -0.2) is 10.5 Å². The molecule has 1 atom stereocenters. The summed E-state index contributed by atoms with van der Waals surface area (Å²) in [6, 6.07) is 10.5. The third kappa shape index (κ3) is 4.11. The normalized spacial score (nSPS) is 18.0. The van der Waals surface area contributed by atoms with Crippen molar-refractivity contribution in [3.63, 3.8) is 0 Å². The lowest BCUT2D eigenvalue weighted by molar-refractivity contribution is 0.317. The van der Waals surface area contributed by atoms with Crippen molar-refractivity contribution in [2.75, 3.05) is 6.61 Å². The first-order valence-corrected chi connectivity index (χ1v) is 10.0. The van der Waals surface area contributed by atoms with E-state index in [9.17, 15) is 0 Å². The Morgan fingerprint density at radius 2 is 1.89 bits per heavy atom. The van der Waals surface area contributed by atoms with E-state index in [-0.39, 0.29) is 7.59 Å². The van der Waals surface area contributed by atoms with Gasteiger partial charge in [-0.1, -0.05) is 55.8 Å². The van der Waals surface area contributed by atoms with Crippen molar-refractivity contribution in [1.82, 2.24) is 15.9 Å². The minimum absolute atomic E-state index is 0. The maximum atomic E-state index is 5.94. The number of nitrogens with one attached hydrogen (secondary N) is 2. The molecule has 1 unspecified atom stereocenters. The summed E-state index contributed by atoms with van der Waals surface area (Å²) in [4.78, 5) is 4.90. The molecule has 27 heavy (non-hydrogen) atoms. The zero-order valence-electron chi connectivity index (χ0n) is 16.5. The van der Waals surface area contributed by atoms with E-state index in [0.717, 1.165) is 18.4 Å². The first-order chi connectivity index (χ1) is 13.4. The largest absolute Gasteiger partial charge is 0.478 e. The van der Waals surface area contributed by atoms with E-state index in [4.69, 9.17) is 9.72 Å². The molecule has 1 aromatic heterocycles. The molecule has 0 saturated heterocycles. The van der Waals surface area contributed by atoms with Crippen LogP contribution >= 0.6 is 0 Å². The van der Waals surface area contributed by atoms with E-state index < -0.39 is 0 Å². The fourth-order valence-electron chi connectivity index (χ4n) is 3.68. The Hall–Kier alpha value is -2.47. The monoisotopic (exact) mass is 369 g/mol. The summed E-state index contributed by atoms with van der Waals surface area (Å²) in [6.07, 6.45) is 5.38. The van der Waals surface area contributed by atoms with Crippen molar-refractivity contribution in [2.45, 2.75) is 59.0 Å². The number of pyridine rings is 1. The lowest BCUT2D eigenvalue weighted by atomic mass is 9.90. The molecule has 1 aliphatic carbocycles. The number of benzene rings is 1. The summed E-state index contributed by atoms with van der Waals surface area (Å²) in [5.41, 5.74) is 11.7. The molecule has 2 aliphatic rings. The molecule has 0 fully saturated rings. The predicted octanol–water partition coefficient (Wildman–Crippen LogP) is 5.16. The third-order valence-electron chi connectivity index (χ3n) is 4.77. The molecule has 146 valence electrons. The van der Waals surface area contributed by atoms with E-state index in [2.05, 4.69) is 45.6 Å². The smallest absolute Gasteiger partial charge is 0.221 e. The molecule has 4 rings (SSSR count). The zero-order valence-corrected chi connectivity index (χ0v) is 16.5. The van der Waals surface area contributed by atoms with Crippen LogP contribution in [-0.2, 0) is 12.8 Å². The first kappa shape index (κ1) is 19.3. The Balaban J connectivity index is 0.000000906. The molecule has 0 amide bonds. The Labute approximate surface area is 162 Å². The summed E-state index contributed by atoms with van der Waals surface area (Å²) in [7, 11) is 0. The first-order valence-electron chi connectivity index (χ1n) is 10.0. The predicted molar refractivity (Wildman–Crippen MR) is 109 cm³/mol. The van der Waals surface area contributed by atoms with Crippen molar-refractivity contribution in [1.29, 1.82) is 0 Å². The number of aromatic nitrogens is 1. The van der Waals surface area contributed by atoms with Gasteiger partial charge in [-0.3, -0.25) is 0 Å². The second-order valence-corrected chi connectivity index (χ2v) is 6.36. The van der Waals surface area contributed by atoms with Crippen molar-refractivity contribution in [2.24, 2.45) is 10.3 Å². The maximum Gasteiger partial charge on any atom is 0.221 e. The van der Waals surface area contributed by atoms with Gasteiger partial charge in [0.1, 0.15) is 0 Å². The number of hydrogen-bond acceptors (Lipinski definition) is 6. The van der Waals surface area contributed by atoms with Crippen LogP contribution in [0, 0.1) is 0 Å². The number of hydrazine groups is 1. The van der Waals surface area contributed by atoms with Gasteiger partial charge in [-0.15, -0.1) is 5.11 Å². The molecule has 0 saturated carbocycles. The van der Waals surface area contributed by atoms with Crippen molar-refractivity contribution < 1.29 is 6.16 Å². The zero-order chi connectivity index (χ0) is 19.1. The third-order valence-corrected chi connectivity index (χ3v) is 4.77. The van der Waals surface area contributed by atoms with E-state index in [1.807, 2.05) is 26.8 Å². The van der Waals surface area contributed by atoms with Gasteiger partial charge in [-0.05, 0) is 49.3 Å². The van der Waals surface area contributed by atoms with Gasteiger partial charge in [0.05, 0.1) is 12.2 Å². The number of rotatable bonds is 4. The molecule has 2 heterocycles.